The monoisotopic (exact) mass is 351 g/mol. The summed E-state index contributed by atoms with van der Waals surface area (Å²) in [5.74, 6) is 0.126. The highest BCUT2D eigenvalue weighted by Crippen LogP contribution is 2.40. The molecular weight excluding hydrogens is 334 g/mol. The van der Waals surface area contributed by atoms with Gasteiger partial charge < -0.3 is 19.1 Å². The van der Waals surface area contributed by atoms with Crippen molar-refractivity contribution in [3.63, 3.8) is 0 Å². The minimum Gasteiger partial charge on any atom is -0.497 e. The number of hydrogen-bond donors (Lipinski definition) is 1. The molecule has 1 aliphatic heterocycles. The molecular formula is C20H17NO5. The summed E-state index contributed by atoms with van der Waals surface area (Å²) in [7, 11) is 1.61. The van der Waals surface area contributed by atoms with Crippen LogP contribution in [-0.4, -0.2) is 29.4 Å². The predicted molar refractivity (Wildman–Crippen MR) is 97.4 cm³/mol. The number of carboxylic acid groups (broad SMARTS) is 1. The van der Waals surface area contributed by atoms with Crippen LogP contribution in [0.2, 0.25) is 0 Å². The summed E-state index contributed by atoms with van der Waals surface area (Å²) in [6.45, 7) is 2.33. The summed E-state index contributed by atoms with van der Waals surface area (Å²) in [5, 5.41) is 9.69. The molecule has 6 nitrogen and oxygen atoms in total. The Morgan fingerprint density at radius 1 is 1.23 bits per heavy atom. The molecule has 0 aliphatic carbocycles. The molecule has 3 aromatic rings. The lowest BCUT2D eigenvalue weighted by molar-refractivity contribution is 0.0694. The van der Waals surface area contributed by atoms with Crippen molar-refractivity contribution in [1.29, 1.82) is 0 Å². The van der Waals surface area contributed by atoms with Gasteiger partial charge in [0, 0.05) is 11.8 Å². The lowest BCUT2D eigenvalue weighted by Crippen LogP contribution is -2.26. The highest BCUT2D eigenvalue weighted by atomic mass is 16.5. The lowest BCUT2D eigenvalue weighted by atomic mass is 9.99. The van der Waals surface area contributed by atoms with Gasteiger partial charge in [-0.15, -0.1) is 0 Å². The highest BCUT2D eigenvalue weighted by molar-refractivity contribution is 5.97. The fraction of sp³-hybridized carbons (Fsp3) is 0.200. The standard InChI is InChI=1S/C20H17NO5/c1-11-10-26-19-14(12-3-5-13(25-2)6-4-12)7-8-15-17(19)21(11)9-16(18(15)22)20(23)24/h3-9,11H,10H2,1-2H3,(H,23,24). The van der Waals surface area contributed by atoms with Crippen molar-refractivity contribution in [3.8, 4) is 22.6 Å². The molecule has 1 aromatic heterocycles. The minimum absolute atomic E-state index is 0.0742. The van der Waals surface area contributed by atoms with Crippen LogP contribution in [0.15, 0.2) is 47.4 Å². The van der Waals surface area contributed by atoms with Gasteiger partial charge in [-0.1, -0.05) is 12.1 Å². The predicted octanol–water partition coefficient (Wildman–Crippen LogP) is 3.33. The Morgan fingerprint density at radius 2 is 1.96 bits per heavy atom. The number of benzene rings is 2. The Balaban J connectivity index is 2.03. The van der Waals surface area contributed by atoms with Crippen LogP contribution in [0, 0.1) is 0 Å². The molecule has 0 saturated heterocycles. The third kappa shape index (κ3) is 2.34. The number of aromatic nitrogens is 1. The number of pyridine rings is 1. The quantitative estimate of drug-likeness (QED) is 0.783. The maximum absolute atomic E-state index is 12.6. The first-order valence-corrected chi connectivity index (χ1v) is 8.23. The maximum atomic E-state index is 12.6. The van der Waals surface area contributed by atoms with E-state index in [-0.39, 0.29) is 11.6 Å². The Hall–Kier alpha value is -3.28. The van der Waals surface area contributed by atoms with Crippen LogP contribution in [0.4, 0.5) is 0 Å². The van der Waals surface area contributed by atoms with E-state index in [0.29, 0.717) is 23.3 Å². The summed E-state index contributed by atoms with van der Waals surface area (Å²) < 4.78 is 13.0. The largest absolute Gasteiger partial charge is 0.497 e. The van der Waals surface area contributed by atoms with Crippen LogP contribution >= 0.6 is 0 Å². The zero-order chi connectivity index (χ0) is 18.4. The van der Waals surface area contributed by atoms with Gasteiger partial charge in [0.2, 0.25) is 5.43 Å². The molecule has 1 atom stereocenters. The molecule has 0 fully saturated rings. The van der Waals surface area contributed by atoms with E-state index in [9.17, 15) is 14.7 Å². The molecule has 0 bridgehead atoms. The highest BCUT2D eigenvalue weighted by Gasteiger charge is 2.25. The number of methoxy groups -OCH3 is 1. The van der Waals surface area contributed by atoms with Crippen molar-refractivity contribution in [3.05, 3.63) is 58.4 Å². The van der Waals surface area contributed by atoms with Gasteiger partial charge in [0.25, 0.3) is 0 Å². The number of carboxylic acids is 1. The van der Waals surface area contributed by atoms with E-state index >= 15 is 0 Å². The Bertz CT molecular complexity index is 1080. The van der Waals surface area contributed by atoms with Gasteiger partial charge >= 0.3 is 5.97 Å². The smallest absolute Gasteiger partial charge is 0.341 e. The summed E-state index contributed by atoms with van der Waals surface area (Å²) in [6, 6.07) is 11.0. The molecule has 1 aliphatic rings. The van der Waals surface area contributed by atoms with Gasteiger partial charge in [-0.3, -0.25) is 4.79 Å². The van der Waals surface area contributed by atoms with Crippen molar-refractivity contribution in [2.24, 2.45) is 0 Å². The summed E-state index contributed by atoms with van der Waals surface area (Å²) in [6.07, 6.45) is 1.42. The molecule has 4 rings (SSSR count). The second-order valence-electron chi connectivity index (χ2n) is 6.31. The fourth-order valence-electron chi connectivity index (χ4n) is 3.35. The number of aromatic carboxylic acids is 1. The average molecular weight is 351 g/mol. The normalized spacial score (nSPS) is 15.5. The Kier molecular flexibility index (Phi) is 3.68. The zero-order valence-corrected chi connectivity index (χ0v) is 14.4. The third-order valence-corrected chi connectivity index (χ3v) is 4.72. The van der Waals surface area contributed by atoms with E-state index in [1.54, 1.807) is 19.2 Å². The maximum Gasteiger partial charge on any atom is 0.341 e. The van der Waals surface area contributed by atoms with Crippen LogP contribution in [0.3, 0.4) is 0 Å². The SMILES string of the molecule is COc1ccc(-c2ccc3c(=O)c(C(=O)O)cn4c3c2OCC4C)cc1. The molecule has 0 saturated carbocycles. The van der Waals surface area contributed by atoms with E-state index in [1.165, 1.54) is 6.20 Å². The van der Waals surface area contributed by atoms with Crippen LogP contribution in [0.1, 0.15) is 23.3 Å². The lowest BCUT2D eigenvalue weighted by Gasteiger charge is -2.28. The van der Waals surface area contributed by atoms with Gasteiger partial charge in [0.05, 0.1) is 24.1 Å². The molecule has 2 aromatic carbocycles. The second kappa shape index (κ2) is 5.91. The Morgan fingerprint density at radius 3 is 2.62 bits per heavy atom. The van der Waals surface area contributed by atoms with Crippen LogP contribution < -0.4 is 14.9 Å². The van der Waals surface area contributed by atoms with Gasteiger partial charge in [-0.05, 0) is 36.8 Å². The van der Waals surface area contributed by atoms with Crippen molar-refractivity contribution in [2.75, 3.05) is 13.7 Å². The first-order valence-electron chi connectivity index (χ1n) is 8.23. The van der Waals surface area contributed by atoms with E-state index in [4.69, 9.17) is 9.47 Å². The van der Waals surface area contributed by atoms with Crippen molar-refractivity contribution >= 4 is 16.9 Å². The molecule has 1 N–H and O–H groups in total. The van der Waals surface area contributed by atoms with Crippen molar-refractivity contribution in [2.45, 2.75) is 13.0 Å². The third-order valence-electron chi connectivity index (χ3n) is 4.72. The second-order valence-corrected chi connectivity index (χ2v) is 6.31. The van der Waals surface area contributed by atoms with Gasteiger partial charge in [-0.25, -0.2) is 4.79 Å². The molecule has 2 heterocycles. The molecule has 6 heteroatoms. The Labute approximate surface area is 149 Å². The minimum atomic E-state index is -1.22. The number of nitrogens with zero attached hydrogens (tertiary/aromatic N) is 1. The molecule has 132 valence electrons. The fourth-order valence-corrected chi connectivity index (χ4v) is 3.35. The van der Waals surface area contributed by atoms with Crippen molar-refractivity contribution in [1.82, 2.24) is 4.57 Å². The van der Waals surface area contributed by atoms with E-state index < -0.39 is 11.4 Å². The van der Waals surface area contributed by atoms with Crippen LogP contribution in [-0.2, 0) is 0 Å². The number of carbonyl (C=O) groups is 1. The van der Waals surface area contributed by atoms with Gasteiger partial charge in [0.15, 0.2) is 5.75 Å². The molecule has 0 spiro atoms. The van der Waals surface area contributed by atoms with E-state index in [1.807, 2.05) is 35.8 Å². The average Bonchev–Trinajstić information content (AvgIpc) is 2.65. The summed E-state index contributed by atoms with van der Waals surface area (Å²) in [5.41, 5.74) is 1.69. The number of rotatable bonds is 3. The zero-order valence-electron chi connectivity index (χ0n) is 14.4. The van der Waals surface area contributed by atoms with Crippen LogP contribution in [0.25, 0.3) is 22.0 Å². The molecule has 26 heavy (non-hydrogen) atoms. The molecule has 1 unspecified atom stereocenters. The summed E-state index contributed by atoms with van der Waals surface area (Å²) >= 11 is 0. The van der Waals surface area contributed by atoms with E-state index in [2.05, 4.69) is 0 Å². The number of hydrogen-bond acceptors (Lipinski definition) is 4. The van der Waals surface area contributed by atoms with Crippen LogP contribution in [0.5, 0.6) is 11.5 Å². The first kappa shape index (κ1) is 16.2. The molecule has 0 amide bonds. The summed E-state index contributed by atoms with van der Waals surface area (Å²) in [4.78, 5) is 24.0. The van der Waals surface area contributed by atoms with Gasteiger partial charge in [0.1, 0.15) is 17.9 Å². The van der Waals surface area contributed by atoms with E-state index in [0.717, 1.165) is 16.9 Å². The number of ether oxygens (including phenoxy) is 2. The van der Waals surface area contributed by atoms with Crippen molar-refractivity contribution < 1.29 is 19.4 Å². The van der Waals surface area contributed by atoms with Gasteiger partial charge in [-0.2, -0.15) is 0 Å². The first-order chi connectivity index (χ1) is 12.5. The molecule has 0 radical (unpaired) electrons. The topological polar surface area (TPSA) is 77.8 Å².